The Labute approximate surface area is 162 Å². The Bertz CT molecular complexity index is 986. The minimum Gasteiger partial charge on any atom is -0.353 e. The van der Waals surface area contributed by atoms with Crippen LogP contribution in [0.5, 0.6) is 0 Å². The molecule has 0 aliphatic heterocycles. The third-order valence-electron chi connectivity index (χ3n) is 4.41. The molecule has 0 spiro atoms. The first-order chi connectivity index (χ1) is 13.0. The van der Waals surface area contributed by atoms with Crippen LogP contribution in [0.3, 0.4) is 0 Å². The van der Waals surface area contributed by atoms with Gasteiger partial charge in [-0.3, -0.25) is 9.59 Å². The molecule has 3 rings (SSSR count). The molecule has 5 nitrogen and oxygen atoms in total. The van der Waals surface area contributed by atoms with Gasteiger partial charge < -0.3 is 9.88 Å². The Balaban J connectivity index is 1.55. The van der Waals surface area contributed by atoms with Crippen LogP contribution in [0.15, 0.2) is 64.4 Å². The van der Waals surface area contributed by atoms with Gasteiger partial charge in [0.15, 0.2) is 5.03 Å². The van der Waals surface area contributed by atoms with Crippen molar-refractivity contribution in [1.29, 1.82) is 0 Å². The van der Waals surface area contributed by atoms with Crippen molar-refractivity contribution in [3.63, 3.8) is 0 Å². The third kappa shape index (κ3) is 4.98. The van der Waals surface area contributed by atoms with Crippen molar-refractivity contribution in [3.05, 3.63) is 70.5 Å². The first kappa shape index (κ1) is 19.2. The average Bonchev–Trinajstić information content (AvgIpc) is 2.69. The number of para-hydroxylation sites is 2. The predicted molar refractivity (Wildman–Crippen MR) is 110 cm³/mol. The highest BCUT2D eigenvalue weighted by Gasteiger charge is 2.13. The van der Waals surface area contributed by atoms with Crippen LogP contribution in [0.1, 0.15) is 18.9 Å². The summed E-state index contributed by atoms with van der Waals surface area (Å²) in [6.07, 6.45) is 1.79. The van der Waals surface area contributed by atoms with Crippen molar-refractivity contribution >= 4 is 28.7 Å². The van der Waals surface area contributed by atoms with Crippen LogP contribution in [0.25, 0.3) is 11.0 Å². The number of aromatic nitrogens is 2. The molecule has 27 heavy (non-hydrogen) atoms. The highest BCUT2D eigenvalue weighted by atomic mass is 32.2. The molecule has 0 saturated carbocycles. The topological polar surface area (TPSA) is 64.0 Å². The fourth-order valence-electron chi connectivity index (χ4n) is 2.90. The summed E-state index contributed by atoms with van der Waals surface area (Å²) in [5.41, 5.74) is 2.62. The monoisotopic (exact) mass is 381 g/mol. The van der Waals surface area contributed by atoms with Gasteiger partial charge in [-0.2, -0.15) is 0 Å². The molecule has 2 aromatic carbocycles. The fraction of sp³-hybridized carbons (Fsp3) is 0.286. The van der Waals surface area contributed by atoms with Crippen molar-refractivity contribution in [2.24, 2.45) is 7.05 Å². The van der Waals surface area contributed by atoms with Gasteiger partial charge in [-0.1, -0.05) is 54.2 Å². The fourth-order valence-corrected chi connectivity index (χ4v) is 3.67. The van der Waals surface area contributed by atoms with Crippen LogP contribution in [0.4, 0.5) is 0 Å². The lowest BCUT2D eigenvalue weighted by atomic mass is 10.1. The number of hydrogen-bond acceptors (Lipinski definition) is 4. The Morgan fingerprint density at radius 2 is 1.85 bits per heavy atom. The molecule has 0 aliphatic carbocycles. The number of thioether (sulfide) groups is 1. The number of nitrogens with zero attached hydrogens (tertiary/aromatic N) is 2. The summed E-state index contributed by atoms with van der Waals surface area (Å²) in [4.78, 5) is 29.1. The molecular weight excluding hydrogens is 358 g/mol. The number of nitrogens with one attached hydrogen (secondary N) is 1. The maximum absolute atomic E-state index is 12.4. The number of carbonyl (C=O) groups is 1. The molecule has 1 aromatic heterocycles. The molecule has 0 saturated heterocycles. The van der Waals surface area contributed by atoms with E-state index in [2.05, 4.69) is 22.4 Å². The smallest absolute Gasteiger partial charge is 0.283 e. The molecule has 0 aliphatic rings. The summed E-state index contributed by atoms with van der Waals surface area (Å²) in [5, 5.41) is 3.35. The second-order valence-electron chi connectivity index (χ2n) is 6.55. The van der Waals surface area contributed by atoms with E-state index in [0.29, 0.717) is 5.03 Å². The van der Waals surface area contributed by atoms with Gasteiger partial charge in [-0.25, -0.2) is 4.98 Å². The van der Waals surface area contributed by atoms with Crippen LogP contribution in [-0.2, 0) is 18.3 Å². The first-order valence-corrected chi connectivity index (χ1v) is 9.95. The normalized spacial score (nSPS) is 12.1. The van der Waals surface area contributed by atoms with Gasteiger partial charge in [0.25, 0.3) is 5.56 Å². The molecule has 0 bridgehead atoms. The maximum atomic E-state index is 12.4. The zero-order chi connectivity index (χ0) is 19.2. The van der Waals surface area contributed by atoms with Crippen LogP contribution < -0.4 is 10.9 Å². The molecule has 1 amide bonds. The molecule has 1 N–H and O–H groups in total. The second kappa shape index (κ2) is 8.86. The van der Waals surface area contributed by atoms with E-state index in [1.807, 2.05) is 49.4 Å². The Hall–Kier alpha value is -2.60. The van der Waals surface area contributed by atoms with Gasteiger partial charge >= 0.3 is 0 Å². The molecule has 1 atom stereocenters. The largest absolute Gasteiger partial charge is 0.353 e. The first-order valence-electron chi connectivity index (χ1n) is 8.96. The van der Waals surface area contributed by atoms with E-state index in [1.165, 1.54) is 17.3 Å². The van der Waals surface area contributed by atoms with Crippen LogP contribution in [0.2, 0.25) is 0 Å². The highest BCUT2D eigenvalue weighted by molar-refractivity contribution is 7.99. The van der Waals surface area contributed by atoms with Crippen molar-refractivity contribution in [1.82, 2.24) is 14.9 Å². The van der Waals surface area contributed by atoms with Crippen molar-refractivity contribution < 1.29 is 4.79 Å². The lowest BCUT2D eigenvalue weighted by molar-refractivity contribution is -0.119. The number of benzene rings is 2. The SMILES string of the molecule is C[C@@H](CCc1ccccc1)NC(=O)CSc1nc2ccccc2n(C)c1=O. The lowest BCUT2D eigenvalue weighted by Crippen LogP contribution is -2.34. The highest BCUT2D eigenvalue weighted by Crippen LogP contribution is 2.15. The lowest BCUT2D eigenvalue weighted by Gasteiger charge is -2.14. The van der Waals surface area contributed by atoms with Gasteiger partial charge in [0.1, 0.15) is 0 Å². The Morgan fingerprint density at radius 3 is 2.63 bits per heavy atom. The van der Waals surface area contributed by atoms with Crippen LogP contribution in [-0.4, -0.2) is 27.3 Å². The third-order valence-corrected chi connectivity index (χ3v) is 5.35. The molecule has 1 heterocycles. The van der Waals surface area contributed by atoms with E-state index in [9.17, 15) is 9.59 Å². The number of rotatable bonds is 7. The summed E-state index contributed by atoms with van der Waals surface area (Å²) in [6, 6.07) is 17.8. The summed E-state index contributed by atoms with van der Waals surface area (Å²) in [6.45, 7) is 2.00. The number of carbonyl (C=O) groups excluding carboxylic acids is 1. The molecule has 0 radical (unpaired) electrons. The predicted octanol–water partition coefficient (Wildman–Crippen LogP) is 3.16. The van der Waals surface area contributed by atoms with E-state index in [0.717, 1.165) is 23.9 Å². The summed E-state index contributed by atoms with van der Waals surface area (Å²) in [5.74, 6) is 0.0913. The quantitative estimate of drug-likeness (QED) is 0.639. The summed E-state index contributed by atoms with van der Waals surface area (Å²) >= 11 is 1.18. The van der Waals surface area contributed by atoms with Gasteiger partial charge in [0.05, 0.1) is 16.8 Å². The molecule has 0 unspecified atom stereocenters. The van der Waals surface area contributed by atoms with E-state index in [4.69, 9.17) is 0 Å². The Kier molecular flexibility index (Phi) is 6.29. The standard InChI is InChI=1S/C21H23N3O2S/c1-15(12-13-16-8-4-3-5-9-16)22-19(25)14-27-20-21(26)24(2)18-11-7-6-10-17(18)23-20/h3-11,15H,12-14H2,1-2H3,(H,22,25)/t15-/m0/s1. The minimum atomic E-state index is -0.177. The number of hydrogen-bond donors (Lipinski definition) is 1. The van der Waals surface area contributed by atoms with Crippen molar-refractivity contribution in [2.45, 2.75) is 30.8 Å². The van der Waals surface area contributed by atoms with Crippen LogP contribution in [0, 0.1) is 0 Å². The minimum absolute atomic E-state index is 0.0747. The molecular formula is C21H23N3O2S. The van der Waals surface area contributed by atoms with E-state index >= 15 is 0 Å². The second-order valence-corrected chi connectivity index (χ2v) is 7.52. The van der Waals surface area contributed by atoms with Crippen LogP contribution >= 0.6 is 11.8 Å². The molecule has 3 aromatic rings. The van der Waals surface area contributed by atoms with Gasteiger partial charge in [0.2, 0.25) is 5.91 Å². The van der Waals surface area contributed by atoms with Gasteiger partial charge in [0, 0.05) is 13.1 Å². The summed E-state index contributed by atoms with van der Waals surface area (Å²) in [7, 11) is 1.72. The van der Waals surface area contributed by atoms with Gasteiger partial charge in [-0.05, 0) is 37.5 Å². The zero-order valence-corrected chi connectivity index (χ0v) is 16.3. The van der Waals surface area contributed by atoms with E-state index < -0.39 is 0 Å². The van der Waals surface area contributed by atoms with Gasteiger partial charge in [-0.15, -0.1) is 0 Å². The van der Waals surface area contributed by atoms with Crippen molar-refractivity contribution in [2.75, 3.05) is 5.75 Å². The molecule has 0 fully saturated rings. The summed E-state index contributed by atoms with van der Waals surface area (Å²) < 4.78 is 1.57. The maximum Gasteiger partial charge on any atom is 0.283 e. The Morgan fingerprint density at radius 1 is 1.15 bits per heavy atom. The molecule has 140 valence electrons. The van der Waals surface area contributed by atoms with Crippen molar-refractivity contribution in [3.8, 4) is 0 Å². The zero-order valence-electron chi connectivity index (χ0n) is 15.5. The number of fused-ring (bicyclic) bond motifs is 1. The molecule has 6 heteroatoms. The average molecular weight is 382 g/mol. The number of aryl methyl sites for hydroxylation is 2. The number of amides is 1. The van der Waals surface area contributed by atoms with E-state index in [1.54, 1.807) is 11.6 Å². The van der Waals surface area contributed by atoms with E-state index in [-0.39, 0.29) is 23.3 Å².